The fourth-order valence-corrected chi connectivity index (χ4v) is 2.56. The Kier molecular flexibility index (Phi) is 4.99. The van der Waals surface area contributed by atoms with Crippen molar-refractivity contribution >= 4 is 15.9 Å². The molecule has 0 fully saturated rings. The van der Waals surface area contributed by atoms with Crippen molar-refractivity contribution in [2.24, 2.45) is 0 Å². The summed E-state index contributed by atoms with van der Waals surface area (Å²) in [5, 5.41) is 7.89. The summed E-state index contributed by atoms with van der Waals surface area (Å²) in [5.41, 5.74) is 1.28. The summed E-state index contributed by atoms with van der Waals surface area (Å²) < 4.78 is 3.21. The Morgan fingerprint density at radius 3 is 2.50 bits per heavy atom. The van der Waals surface area contributed by atoms with Gasteiger partial charge >= 0.3 is 0 Å². The van der Waals surface area contributed by atoms with Gasteiger partial charge in [0.1, 0.15) is 0 Å². The number of nitrogens with zero attached hydrogens (tertiary/aromatic N) is 2. The first-order valence-corrected chi connectivity index (χ1v) is 6.74. The minimum absolute atomic E-state index is 0.401. The number of hydrogen-bond acceptors (Lipinski definition) is 2. The van der Waals surface area contributed by atoms with Crippen LogP contribution >= 0.6 is 15.9 Å². The van der Waals surface area contributed by atoms with E-state index in [-0.39, 0.29) is 0 Å². The molecule has 1 rings (SSSR count). The second kappa shape index (κ2) is 5.82. The standard InChI is InChI=1S/C12H22BrN3/c1-6-14-10(5)9(4)12-11(13)7-15-16(12)8(2)3/h7-10,14H,6H2,1-5H3. The topological polar surface area (TPSA) is 29.9 Å². The van der Waals surface area contributed by atoms with Gasteiger partial charge in [0, 0.05) is 18.0 Å². The zero-order valence-electron chi connectivity index (χ0n) is 10.8. The lowest BCUT2D eigenvalue weighted by Crippen LogP contribution is -2.32. The van der Waals surface area contributed by atoms with Crippen LogP contribution in [0, 0.1) is 0 Å². The van der Waals surface area contributed by atoms with Crippen LogP contribution in [-0.4, -0.2) is 22.4 Å². The minimum Gasteiger partial charge on any atom is -0.314 e. The maximum absolute atomic E-state index is 4.42. The molecule has 0 amide bonds. The Morgan fingerprint density at radius 1 is 1.38 bits per heavy atom. The van der Waals surface area contributed by atoms with E-state index in [1.807, 2.05) is 6.20 Å². The molecule has 0 radical (unpaired) electrons. The van der Waals surface area contributed by atoms with E-state index in [9.17, 15) is 0 Å². The fourth-order valence-electron chi connectivity index (χ4n) is 1.92. The SMILES string of the molecule is CCNC(C)C(C)c1c(Br)cnn1C(C)C. The van der Waals surface area contributed by atoms with Crippen LogP contribution in [0.1, 0.15) is 52.3 Å². The fraction of sp³-hybridized carbons (Fsp3) is 0.750. The van der Waals surface area contributed by atoms with Crippen molar-refractivity contribution in [1.29, 1.82) is 0 Å². The largest absolute Gasteiger partial charge is 0.314 e. The third-order valence-electron chi connectivity index (χ3n) is 2.98. The van der Waals surface area contributed by atoms with Crippen molar-refractivity contribution in [3.63, 3.8) is 0 Å². The van der Waals surface area contributed by atoms with Crippen molar-refractivity contribution in [2.75, 3.05) is 6.54 Å². The number of aromatic nitrogens is 2. The first-order valence-electron chi connectivity index (χ1n) is 5.95. The average molecular weight is 288 g/mol. The van der Waals surface area contributed by atoms with Crippen LogP contribution in [0.2, 0.25) is 0 Å². The molecular formula is C12H22BrN3. The third-order valence-corrected chi connectivity index (χ3v) is 3.59. The van der Waals surface area contributed by atoms with Crippen molar-refractivity contribution in [1.82, 2.24) is 15.1 Å². The Morgan fingerprint density at radius 2 is 2.00 bits per heavy atom. The second-order valence-electron chi connectivity index (χ2n) is 4.55. The second-order valence-corrected chi connectivity index (χ2v) is 5.41. The summed E-state index contributed by atoms with van der Waals surface area (Å²) in [6.45, 7) is 11.9. The molecule has 1 aromatic rings. The van der Waals surface area contributed by atoms with E-state index in [2.05, 4.69) is 65.6 Å². The molecule has 1 heterocycles. The highest BCUT2D eigenvalue weighted by Crippen LogP contribution is 2.29. The van der Waals surface area contributed by atoms with Gasteiger partial charge in [-0.05, 0) is 43.2 Å². The van der Waals surface area contributed by atoms with E-state index in [4.69, 9.17) is 0 Å². The number of hydrogen-bond donors (Lipinski definition) is 1. The average Bonchev–Trinajstić information content (AvgIpc) is 2.59. The van der Waals surface area contributed by atoms with Gasteiger partial charge in [0.05, 0.1) is 16.4 Å². The van der Waals surface area contributed by atoms with E-state index in [1.54, 1.807) is 0 Å². The molecule has 0 spiro atoms. The maximum atomic E-state index is 4.42. The van der Waals surface area contributed by atoms with E-state index in [0.29, 0.717) is 18.0 Å². The molecule has 0 bridgehead atoms. The third kappa shape index (κ3) is 2.86. The predicted molar refractivity (Wildman–Crippen MR) is 71.9 cm³/mol. The van der Waals surface area contributed by atoms with E-state index in [1.165, 1.54) is 5.69 Å². The van der Waals surface area contributed by atoms with Crippen LogP contribution in [0.15, 0.2) is 10.7 Å². The lowest BCUT2D eigenvalue weighted by molar-refractivity contribution is 0.434. The lowest BCUT2D eigenvalue weighted by atomic mass is 9.99. The molecule has 4 heteroatoms. The zero-order chi connectivity index (χ0) is 12.3. The first kappa shape index (κ1) is 13.7. The highest BCUT2D eigenvalue weighted by molar-refractivity contribution is 9.10. The molecule has 0 saturated carbocycles. The van der Waals surface area contributed by atoms with E-state index >= 15 is 0 Å². The van der Waals surface area contributed by atoms with Crippen LogP contribution in [0.3, 0.4) is 0 Å². The van der Waals surface area contributed by atoms with Crippen molar-refractivity contribution in [3.05, 3.63) is 16.4 Å². The summed E-state index contributed by atoms with van der Waals surface area (Å²) in [4.78, 5) is 0. The molecule has 16 heavy (non-hydrogen) atoms. The van der Waals surface area contributed by atoms with Gasteiger partial charge in [-0.2, -0.15) is 5.10 Å². The van der Waals surface area contributed by atoms with Gasteiger partial charge in [-0.3, -0.25) is 4.68 Å². The van der Waals surface area contributed by atoms with Crippen molar-refractivity contribution in [3.8, 4) is 0 Å². The van der Waals surface area contributed by atoms with Gasteiger partial charge < -0.3 is 5.32 Å². The molecule has 0 aliphatic carbocycles. The van der Waals surface area contributed by atoms with Gasteiger partial charge in [0.25, 0.3) is 0 Å². The minimum atomic E-state index is 0.401. The molecule has 3 nitrogen and oxygen atoms in total. The van der Waals surface area contributed by atoms with Crippen molar-refractivity contribution in [2.45, 2.75) is 52.6 Å². The highest BCUT2D eigenvalue weighted by Gasteiger charge is 2.21. The first-order chi connectivity index (χ1) is 7.49. The van der Waals surface area contributed by atoms with Gasteiger partial charge in [0.15, 0.2) is 0 Å². The summed E-state index contributed by atoms with van der Waals surface area (Å²) in [7, 11) is 0. The normalized spacial score (nSPS) is 15.4. The van der Waals surface area contributed by atoms with Gasteiger partial charge in [-0.25, -0.2) is 0 Å². The number of halogens is 1. The number of likely N-dealkylation sites (N-methyl/N-ethyl adjacent to an activating group) is 1. The van der Waals surface area contributed by atoms with Gasteiger partial charge in [-0.1, -0.05) is 13.8 Å². The van der Waals surface area contributed by atoms with Crippen LogP contribution in [-0.2, 0) is 0 Å². The van der Waals surface area contributed by atoms with Gasteiger partial charge in [-0.15, -0.1) is 0 Å². The lowest BCUT2D eigenvalue weighted by Gasteiger charge is -2.23. The summed E-state index contributed by atoms with van der Waals surface area (Å²) in [6.07, 6.45) is 1.89. The monoisotopic (exact) mass is 287 g/mol. The summed E-state index contributed by atoms with van der Waals surface area (Å²) >= 11 is 3.59. The van der Waals surface area contributed by atoms with Crippen LogP contribution < -0.4 is 5.32 Å². The Bertz CT molecular complexity index is 333. The molecule has 1 aromatic heterocycles. The Hall–Kier alpha value is -0.350. The highest BCUT2D eigenvalue weighted by atomic mass is 79.9. The Labute approximate surface area is 107 Å². The molecule has 1 N–H and O–H groups in total. The number of nitrogens with one attached hydrogen (secondary N) is 1. The Balaban J connectivity index is 2.97. The molecule has 2 atom stereocenters. The molecule has 92 valence electrons. The van der Waals surface area contributed by atoms with Crippen molar-refractivity contribution < 1.29 is 0 Å². The molecule has 2 unspecified atom stereocenters. The van der Waals surface area contributed by atoms with Crippen LogP contribution in [0.25, 0.3) is 0 Å². The zero-order valence-corrected chi connectivity index (χ0v) is 12.4. The smallest absolute Gasteiger partial charge is 0.0635 e. The number of rotatable bonds is 5. The molecular weight excluding hydrogens is 266 g/mol. The van der Waals surface area contributed by atoms with Crippen LogP contribution in [0.5, 0.6) is 0 Å². The predicted octanol–water partition coefficient (Wildman–Crippen LogP) is 3.33. The molecule has 0 aromatic carbocycles. The van der Waals surface area contributed by atoms with Crippen LogP contribution in [0.4, 0.5) is 0 Å². The van der Waals surface area contributed by atoms with Gasteiger partial charge in [0.2, 0.25) is 0 Å². The summed E-state index contributed by atoms with van der Waals surface area (Å²) in [5.74, 6) is 0.444. The quantitative estimate of drug-likeness (QED) is 0.900. The van der Waals surface area contributed by atoms with E-state index in [0.717, 1.165) is 11.0 Å². The summed E-state index contributed by atoms with van der Waals surface area (Å²) in [6, 6.07) is 0.855. The van der Waals surface area contributed by atoms with E-state index < -0.39 is 0 Å². The molecule has 0 saturated heterocycles. The maximum Gasteiger partial charge on any atom is 0.0635 e. The molecule has 0 aliphatic rings. The molecule has 0 aliphatic heterocycles.